The Morgan fingerprint density at radius 2 is 2.08 bits per heavy atom. The summed E-state index contributed by atoms with van der Waals surface area (Å²) in [4.78, 5) is 12.3. The van der Waals surface area contributed by atoms with Crippen molar-refractivity contribution in [2.75, 3.05) is 20.7 Å². The van der Waals surface area contributed by atoms with Gasteiger partial charge in [0.1, 0.15) is 11.6 Å². The quantitative estimate of drug-likeness (QED) is 0.707. The molecule has 0 aliphatic rings. The Balaban J connectivity index is 2.76. The third-order valence-electron chi connectivity index (χ3n) is 1.55. The highest BCUT2D eigenvalue weighted by atomic mass is 16.5. The first-order valence-corrected chi connectivity index (χ1v) is 4.16. The monoisotopic (exact) mass is 182 g/mol. The third kappa shape index (κ3) is 2.95. The van der Waals surface area contributed by atoms with E-state index in [-0.39, 0.29) is 0 Å². The minimum Gasteiger partial charge on any atom is -0.467 e. The van der Waals surface area contributed by atoms with Crippen LogP contribution in [0.5, 0.6) is 6.01 Å². The second-order valence-electron chi connectivity index (χ2n) is 2.64. The first kappa shape index (κ1) is 9.85. The van der Waals surface area contributed by atoms with Gasteiger partial charge >= 0.3 is 6.01 Å². The molecule has 0 radical (unpaired) electrons. The van der Waals surface area contributed by atoms with Gasteiger partial charge in [0.15, 0.2) is 0 Å². The molecule has 0 aliphatic heterocycles. The summed E-state index contributed by atoms with van der Waals surface area (Å²) in [6.07, 6.45) is 0.788. The van der Waals surface area contributed by atoms with Gasteiger partial charge in [-0.2, -0.15) is 9.97 Å². The van der Waals surface area contributed by atoms with Gasteiger partial charge in [-0.15, -0.1) is 0 Å². The van der Waals surface area contributed by atoms with Gasteiger partial charge in [-0.1, -0.05) is 0 Å². The maximum atomic E-state index is 4.93. The van der Waals surface area contributed by atoms with Crippen LogP contribution >= 0.6 is 0 Å². The summed E-state index contributed by atoms with van der Waals surface area (Å²) in [6.45, 7) is 2.68. The zero-order valence-corrected chi connectivity index (χ0v) is 8.16. The molecule has 0 aliphatic carbocycles. The number of nitrogens with one attached hydrogen (secondary N) is 1. The first-order valence-electron chi connectivity index (χ1n) is 4.16. The molecule has 13 heavy (non-hydrogen) atoms. The van der Waals surface area contributed by atoms with Crippen molar-refractivity contribution in [1.82, 2.24) is 20.3 Å². The molecule has 1 rings (SSSR count). The Labute approximate surface area is 77.6 Å². The number of rotatable bonds is 4. The fourth-order valence-electron chi connectivity index (χ4n) is 0.950. The molecule has 1 aromatic heterocycles. The van der Waals surface area contributed by atoms with E-state index < -0.39 is 0 Å². The maximum absolute atomic E-state index is 4.93. The van der Waals surface area contributed by atoms with Crippen LogP contribution in [0.25, 0.3) is 0 Å². The summed E-state index contributed by atoms with van der Waals surface area (Å²) in [7, 11) is 3.45. The highest BCUT2D eigenvalue weighted by Gasteiger charge is 2.02. The highest BCUT2D eigenvalue weighted by molar-refractivity contribution is 5.00. The predicted molar refractivity (Wildman–Crippen MR) is 48.7 cm³/mol. The first-order chi connectivity index (χ1) is 6.26. The van der Waals surface area contributed by atoms with Gasteiger partial charge in [-0.05, 0) is 14.0 Å². The SMILES string of the molecule is CNCCc1nc(C)nc(OC)n1. The van der Waals surface area contributed by atoms with Gasteiger partial charge in [0.25, 0.3) is 0 Å². The third-order valence-corrected chi connectivity index (χ3v) is 1.55. The van der Waals surface area contributed by atoms with E-state index in [1.165, 1.54) is 0 Å². The number of hydrogen-bond donors (Lipinski definition) is 1. The molecular weight excluding hydrogens is 168 g/mol. The molecule has 5 heteroatoms. The van der Waals surface area contributed by atoms with E-state index in [2.05, 4.69) is 20.3 Å². The summed E-state index contributed by atoms with van der Waals surface area (Å²) < 4.78 is 4.93. The second-order valence-corrected chi connectivity index (χ2v) is 2.64. The smallest absolute Gasteiger partial charge is 0.319 e. The van der Waals surface area contributed by atoms with Crippen LogP contribution in [-0.2, 0) is 6.42 Å². The summed E-state index contributed by atoms with van der Waals surface area (Å²) in [5, 5.41) is 3.03. The molecule has 1 heterocycles. The van der Waals surface area contributed by atoms with Gasteiger partial charge in [0.05, 0.1) is 7.11 Å². The van der Waals surface area contributed by atoms with Gasteiger partial charge < -0.3 is 10.1 Å². The minimum atomic E-state index is 0.388. The lowest BCUT2D eigenvalue weighted by molar-refractivity contribution is 0.374. The molecule has 1 aromatic rings. The predicted octanol–water partition coefficient (Wildman–Crippen LogP) is -0.0495. The van der Waals surface area contributed by atoms with E-state index in [1.54, 1.807) is 7.11 Å². The fraction of sp³-hybridized carbons (Fsp3) is 0.625. The van der Waals surface area contributed by atoms with E-state index in [0.29, 0.717) is 11.8 Å². The normalized spacial score (nSPS) is 10.1. The molecule has 0 saturated heterocycles. The van der Waals surface area contributed by atoms with Crippen LogP contribution < -0.4 is 10.1 Å². The minimum absolute atomic E-state index is 0.388. The molecule has 0 saturated carbocycles. The van der Waals surface area contributed by atoms with Crippen molar-refractivity contribution in [2.24, 2.45) is 0 Å². The van der Waals surface area contributed by atoms with Gasteiger partial charge in [-0.3, -0.25) is 0 Å². The highest BCUT2D eigenvalue weighted by Crippen LogP contribution is 2.02. The van der Waals surface area contributed by atoms with Crippen molar-refractivity contribution in [2.45, 2.75) is 13.3 Å². The zero-order valence-electron chi connectivity index (χ0n) is 8.16. The summed E-state index contributed by atoms with van der Waals surface area (Å²) in [6, 6.07) is 0.388. The van der Waals surface area contributed by atoms with Crippen LogP contribution in [0.1, 0.15) is 11.6 Å². The molecule has 1 N–H and O–H groups in total. The average molecular weight is 182 g/mol. The number of nitrogens with zero attached hydrogens (tertiary/aromatic N) is 3. The van der Waals surface area contributed by atoms with Gasteiger partial charge in [-0.25, -0.2) is 4.98 Å². The van der Waals surface area contributed by atoms with Crippen molar-refractivity contribution >= 4 is 0 Å². The number of likely N-dealkylation sites (N-methyl/N-ethyl adjacent to an activating group) is 1. The number of aromatic nitrogens is 3. The van der Waals surface area contributed by atoms with Crippen LogP contribution in [0.3, 0.4) is 0 Å². The molecule has 5 nitrogen and oxygen atoms in total. The van der Waals surface area contributed by atoms with Crippen molar-refractivity contribution < 1.29 is 4.74 Å². The van der Waals surface area contributed by atoms with Gasteiger partial charge in [0, 0.05) is 13.0 Å². The van der Waals surface area contributed by atoms with Crippen LogP contribution in [0.4, 0.5) is 0 Å². The summed E-state index contributed by atoms with van der Waals surface area (Å²) in [5.41, 5.74) is 0. The Hall–Kier alpha value is -1.23. The number of aryl methyl sites for hydroxylation is 1. The lowest BCUT2D eigenvalue weighted by Gasteiger charge is -2.02. The Bertz CT molecular complexity index is 277. The molecule has 0 spiro atoms. The molecule has 0 aromatic carbocycles. The van der Waals surface area contributed by atoms with Crippen LogP contribution in [0.2, 0.25) is 0 Å². The zero-order chi connectivity index (χ0) is 9.68. The molecule has 0 unspecified atom stereocenters. The van der Waals surface area contributed by atoms with Crippen LogP contribution in [0, 0.1) is 6.92 Å². The Morgan fingerprint density at radius 3 is 2.69 bits per heavy atom. The Morgan fingerprint density at radius 1 is 1.31 bits per heavy atom. The second kappa shape index (κ2) is 4.71. The van der Waals surface area contributed by atoms with E-state index in [4.69, 9.17) is 4.74 Å². The lowest BCUT2D eigenvalue weighted by Crippen LogP contribution is -2.13. The Kier molecular flexibility index (Phi) is 3.57. The molecular formula is C8H14N4O. The average Bonchev–Trinajstić information content (AvgIpc) is 2.14. The topological polar surface area (TPSA) is 59.9 Å². The van der Waals surface area contributed by atoms with Crippen molar-refractivity contribution in [3.63, 3.8) is 0 Å². The molecule has 0 atom stereocenters. The van der Waals surface area contributed by atoms with E-state index in [1.807, 2.05) is 14.0 Å². The van der Waals surface area contributed by atoms with Crippen molar-refractivity contribution in [1.29, 1.82) is 0 Å². The summed E-state index contributed by atoms with van der Waals surface area (Å²) in [5.74, 6) is 1.46. The molecule has 0 bridgehead atoms. The van der Waals surface area contributed by atoms with Crippen LogP contribution in [0.15, 0.2) is 0 Å². The number of hydrogen-bond acceptors (Lipinski definition) is 5. The van der Waals surface area contributed by atoms with E-state index in [9.17, 15) is 0 Å². The van der Waals surface area contributed by atoms with E-state index >= 15 is 0 Å². The molecule has 72 valence electrons. The lowest BCUT2D eigenvalue weighted by atomic mass is 10.4. The van der Waals surface area contributed by atoms with Crippen molar-refractivity contribution in [3.05, 3.63) is 11.6 Å². The number of ether oxygens (including phenoxy) is 1. The van der Waals surface area contributed by atoms with Gasteiger partial charge in [0.2, 0.25) is 0 Å². The molecule has 0 fully saturated rings. The largest absolute Gasteiger partial charge is 0.467 e. The number of methoxy groups -OCH3 is 1. The standard InChI is InChI=1S/C8H14N4O/c1-6-10-7(4-5-9-2)12-8(11-6)13-3/h9H,4-5H2,1-3H3. The molecule has 0 amide bonds. The van der Waals surface area contributed by atoms with Crippen LogP contribution in [-0.4, -0.2) is 35.7 Å². The van der Waals surface area contributed by atoms with Crippen molar-refractivity contribution in [3.8, 4) is 6.01 Å². The summed E-state index contributed by atoms with van der Waals surface area (Å²) >= 11 is 0. The maximum Gasteiger partial charge on any atom is 0.319 e. The van der Waals surface area contributed by atoms with E-state index in [0.717, 1.165) is 18.8 Å². The fourth-order valence-corrected chi connectivity index (χ4v) is 0.950.